The van der Waals surface area contributed by atoms with Crippen LogP contribution in [0.15, 0.2) is 95.9 Å². The van der Waals surface area contributed by atoms with Gasteiger partial charge in [0.25, 0.3) is 0 Å². The lowest BCUT2D eigenvalue weighted by Crippen LogP contribution is -2.06. The Morgan fingerprint density at radius 1 is 0.750 bits per heavy atom. The number of carbonyl (C=O) groups is 1. The lowest BCUT2D eigenvalue weighted by Gasteiger charge is -2.15. The van der Waals surface area contributed by atoms with Gasteiger partial charge in [0.05, 0.1) is 5.25 Å². The molecule has 0 aliphatic heterocycles. The van der Waals surface area contributed by atoms with Gasteiger partial charge in [-0.05, 0) is 23.3 Å². The van der Waals surface area contributed by atoms with Gasteiger partial charge in [0.1, 0.15) is 0 Å². The van der Waals surface area contributed by atoms with E-state index in [-0.39, 0.29) is 10.4 Å². The molecule has 0 N–H and O–H groups in total. The fourth-order valence-corrected chi connectivity index (χ4v) is 4.49. The number of hydrogen-bond acceptors (Lipinski definition) is 3. The summed E-state index contributed by atoms with van der Waals surface area (Å²) in [6.07, 6.45) is 0. The Morgan fingerprint density at radius 2 is 1.29 bits per heavy atom. The number of rotatable bonds is 6. The van der Waals surface area contributed by atoms with Crippen molar-refractivity contribution in [2.24, 2.45) is 0 Å². The Balaban J connectivity index is 1.75. The SMILES string of the molecule is O=C(Sc1ccccc1)C(SCc1ccccc1)c1ccccc1. The van der Waals surface area contributed by atoms with Crippen LogP contribution in [0.4, 0.5) is 0 Å². The molecule has 0 spiro atoms. The minimum Gasteiger partial charge on any atom is -0.285 e. The van der Waals surface area contributed by atoms with Gasteiger partial charge in [-0.15, -0.1) is 11.8 Å². The lowest BCUT2D eigenvalue weighted by atomic mass is 10.2. The van der Waals surface area contributed by atoms with E-state index in [2.05, 4.69) is 12.1 Å². The molecule has 0 aliphatic carbocycles. The average molecular weight is 351 g/mol. The largest absolute Gasteiger partial charge is 0.285 e. The first-order chi connectivity index (χ1) is 11.8. The first kappa shape index (κ1) is 16.9. The zero-order chi connectivity index (χ0) is 16.6. The Labute approximate surface area is 151 Å². The van der Waals surface area contributed by atoms with Gasteiger partial charge in [-0.25, -0.2) is 0 Å². The topological polar surface area (TPSA) is 17.1 Å². The van der Waals surface area contributed by atoms with E-state index < -0.39 is 0 Å². The summed E-state index contributed by atoms with van der Waals surface area (Å²) in [7, 11) is 0. The second kappa shape index (κ2) is 8.76. The number of benzene rings is 3. The van der Waals surface area contributed by atoms with Gasteiger partial charge in [0, 0.05) is 10.6 Å². The van der Waals surface area contributed by atoms with Crippen molar-refractivity contribution in [1.82, 2.24) is 0 Å². The van der Waals surface area contributed by atoms with Crippen molar-refractivity contribution >= 4 is 28.6 Å². The molecular weight excluding hydrogens is 332 g/mol. The molecule has 3 rings (SSSR count). The second-order valence-corrected chi connectivity index (χ2v) is 7.49. The van der Waals surface area contributed by atoms with Gasteiger partial charge in [-0.1, -0.05) is 90.6 Å². The Hall–Kier alpha value is -1.97. The van der Waals surface area contributed by atoms with Gasteiger partial charge in [-0.3, -0.25) is 4.79 Å². The fraction of sp³-hybridized carbons (Fsp3) is 0.0952. The van der Waals surface area contributed by atoms with Gasteiger partial charge >= 0.3 is 0 Å². The normalized spacial score (nSPS) is 11.8. The summed E-state index contributed by atoms with van der Waals surface area (Å²) in [4.78, 5) is 13.9. The third kappa shape index (κ3) is 4.76. The number of carbonyl (C=O) groups excluding carboxylic acids is 1. The Kier molecular flexibility index (Phi) is 6.16. The number of thioether (sulfide) groups is 2. The first-order valence-corrected chi connectivity index (χ1v) is 9.66. The van der Waals surface area contributed by atoms with E-state index in [0.29, 0.717) is 0 Å². The second-order valence-electron chi connectivity index (χ2n) is 5.32. The van der Waals surface area contributed by atoms with Crippen LogP contribution in [-0.4, -0.2) is 5.12 Å². The molecule has 3 aromatic carbocycles. The summed E-state index contributed by atoms with van der Waals surface area (Å²) >= 11 is 3.01. The van der Waals surface area contributed by atoms with Crippen molar-refractivity contribution in [3.8, 4) is 0 Å². The van der Waals surface area contributed by atoms with Gasteiger partial charge in [0.2, 0.25) is 5.12 Å². The molecule has 0 fully saturated rings. The van der Waals surface area contributed by atoms with Crippen molar-refractivity contribution in [1.29, 1.82) is 0 Å². The molecule has 0 bridgehead atoms. The third-order valence-corrected chi connectivity index (χ3v) is 5.95. The maximum atomic E-state index is 12.9. The van der Waals surface area contributed by atoms with Crippen LogP contribution in [0.1, 0.15) is 16.4 Å². The molecule has 3 heteroatoms. The average Bonchev–Trinajstić information content (AvgIpc) is 2.64. The van der Waals surface area contributed by atoms with Crippen molar-refractivity contribution in [3.05, 3.63) is 102 Å². The van der Waals surface area contributed by atoms with E-state index in [1.807, 2.05) is 78.9 Å². The quantitative estimate of drug-likeness (QED) is 0.509. The van der Waals surface area contributed by atoms with Crippen molar-refractivity contribution < 1.29 is 4.79 Å². The Bertz CT molecular complexity index is 758. The van der Waals surface area contributed by atoms with E-state index in [4.69, 9.17) is 0 Å². The van der Waals surface area contributed by atoms with E-state index in [1.54, 1.807) is 11.8 Å². The van der Waals surface area contributed by atoms with E-state index in [9.17, 15) is 4.79 Å². The van der Waals surface area contributed by atoms with Crippen LogP contribution in [0.25, 0.3) is 0 Å². The highest BCUT2D eigenvalue weighted by molar-refractivity contribution is 8.15. The summed E-state index contributed by atoms with van der Waals surface area (Å²) in [5, 5.41) is 0.00458. The zero-order valence-electron chi connectivity index (χ0n) is 13.2. The summed E-state index contributed by atoms with van der Waals surface area (Å²) < 4.78 is 0. The van der Waals surface area contributed by atoms with Gasteiger partial charge < -0.3 is 0 Å². The fourth-order valence-electron chi connectivity index (χ4n) is 2.34. The maximum Gasteiger partial charge on any atom is 0.211 e. The summed E-state index contributed by atoms with van der Waals surface area (Å²) in [5.74, 6) is 0.821. The summed E-state index contributed by atoms with van der Waals surface area (Å²) in [6, 6.07) is 30.2. The Morgan fingerprint density at radius 3 is 1.92 bits per heavy atom. The van der Waals surface area contributed by atoms with Crippen LogP contribution in [0.5, 0.6) is 0 Å². The van der Waals surface area contributed by atoms with Gasteiger partial charge in [0.15, 0.2) is 0 Å². The number of hydrogen-bond donors (Lipinski definition) is 0. The molecule has 1 nitrogen and oxygen atoms in total. The highest BCUT2D eigenvalue weighted by Crippen LogP contribution is 2.37. The smallest absolute Gasteiger partial charge is 0.211 e. The van der Waals surface area contributed by atoms with Crippen LogP contribution < -0.4 is 0 Å². The van der Waals surface area contributed by atoms with Gasteiger partial charge in [-0.2, -0.15) is 0 Å². The molecule has 0 amide bonds. The minimum atomic E-state index is -0.170. The molecule has 3 aromatic rings. The zero-order valence-corrected chi connectivity index (χ0v) is 14.8. The molecule has 0 saturated carbocycles. The van der Waals surface area contributed by atoms with Crippen LogP contribution >= 0.6 is 23.5 Å². The van der Waals surface area contributed by atoms with Crippen molar-refractivity contribution in [2.45, 2.75) is 15.9 Å². The van der Waals surface area contributed by atoms with Crippen LogP contribution in [-0.2, 0) is 10.5 Å². The molecular formula is C21H18OS2. The highest BCUT2D eigenvalue weighted by atomic mass is 32.2. The summed E-state index contributed by atoms with van der Waals surface area (Å²) in [6.45, 7) is 0. The monoisotopic (exact) mass is 350 g/mol. The highest BCUT2D eigenvalue weighted by Gasteiger charge is 2.22. The van der Waals surface area contributed by atoms with Crippen molar-refractivity contribution in [3.63, 3.8) is 0 Å². The molecule has 0 aromatic heterocycles. The molecule has 0 radical (unpaired) electrons. The van der Waals surface area contributed by atoms with E-state index in [0.717, 1.165) is 16.2 Å². The molecule has 24 heavy (non-hydrogen) atoms. The molecule has 120 valence electrons. The van der Waals surface area contributed by atoms with Crippen molar-refractivity contribution in [2.75, 3.05) is 0 Å². The first-order valence-electron chi connectivity index (χ1n) is 7.80. The predicted molar refractivity (Wildman–Crippen MR) is 104 cm³/mol. The van der Waals surface area contributed by atoms with Crippen LogP contribution in [0, 0.1) is 0 Å². The molecule has 0 heterocycles. The summed E-state index contributed by atoms with van der Waals surface area (Å²) in [5.41, 5.74) is 2.30. The maximum absolute atomic E-state index is 12.9. The third-order valence-electron chi connectivity index (χ3n) is 3.54. The van der Waals surface area contributed by atoms with Crippen LogP contribution in [0.3, 0.4) is 0 Å². The lowest BCUT2D eigenvalue weighted by molar-refractivity contribution is -0.110. The molecule has 0 aliphatic rings. The predicted octanol–water partition coefficient (Wildman–Crippen LogP) is 5.98. The minimum absolute atomic E-state index is 0.170. The van der Waals surface area contributed by atoms with Crippen LogP contribution in [0.2, 0.25) is 0 Å². The standard InChI is InChI=1S/C21H18OS2/c22-21(24-19-14-8-3-9-15-19)20(18-12-6-2-7-13-18)23-16-17-10-4-1-5-11-17/h1-15,20H,16H2. The molecule has 0 saturated heterocycles. The van der Waals surface area contributed by atoms with E-state index in [1.165, 1.54) is 17.3 Å². The molecule has 1 atom stereocenters. The van der Waals surface area contributed by atoms with E-state index >= 15 is 0 Å². The molecule has 1 unspecified atom stereocenters.